The molecule has 0 unspecified atom stereocenters. The Morgan fingerprint density at radius 3 is 2.39 bits per heavy atom. The third-order valence-corrected chi connectivity index (χ3v) is 4.66. The average molecular weight is 416 g/mol. The number of oxime groups is 1. The highest BCUT2D eigenvalue weighted by Gasteiger charge is 2.46. The van der Waals surface area contributed by atoms with Crippen molar-refractivity contribution in [3.05, 3.63) is 65.2 Å². The van der Waals surface area contributed by atoms with Gasteiger partial charge in [0.2, 0.25) is 0 Å². The van der Waals surface area contributed by atoms with Gasteiger partial charge in [0.1, 0.15) is 12.3 Å². The topological polar surface area (TPSA) is 77.0 Å². The van der Waals surface area contributed by atoms with Gasteiger partial charge >= 0.3 is 15.5 Å². The van der Waals surface area contributed by atoms with E-state index in [4.69, 9.17) is 9.57 Å². The Balaban J connectivity index is 2.55. The van der Waals surface area contributed by atoms with Crippen LogP contribution in [0.5, 0.6) is 0 Å². The second-order valence-corrected chi connectivity index (χ2v) is 7.41. The van der Waals surface area contributed by atoms with Crippen LogP contribution in [-0.4, -0.2) is 40.0 Å². The first-order valence-corrected chi connectivity index (χ1v) is 9.58. The zero-order valence-corrected chi connectivity index (χ0v) is 16.0. The summed E-state index contributed by atoms with van der Waals surface area (Å²) >= 11 is 0. The first-order valence-electron chi connectivity index (χ1n) is 8.10. The molecule has 0 aromatic heterocycles. The Bertz CT molecular complexity index is 930. The number of rotatable bonds is 8. The highest BCUT2D eigenvalue weighted by molar-refractivity contribution is 7.93. The van der Waals surface area contributed by atoms with E-state index in [0.29, 0.717) is 11.1 Å². The Morgan fingerprint density at radius 2 is 1.79 bits per heavy atom. The lowest BCUT2D eigenvalue weighted by Crippen LogP contribution is -2.30. The number of halogens is 3. The Labute approximate surface area is 161 Å². The molecular weight excluding hydrogens is 397 g/mol. The molecule has 2 rings (SSSR count). The number of anilines is 1. The third-order valence-electron chi connectivity index (χ3n) is 3.56. The lowest BCUT2D eigenvalue weighted by molar-refractivity contribution is -0.0429. The maximum Gasteiger partial charge on any atom is 0.516 e. The molecule has 0 fully saturated rings. The van der Waals surface area contributed by atoms with Gasteiger partial charge in [-0.3, -0.25) is 4.72 Å². The molecule has 0 bridgehead atoms. The smallest absolute Gasteiger partial charge is 0.393 e. The number of nitrogens with zero attached hydrogens (tertiary/aromatic N) is 1. The second kappa shape index (κ2) is 9.07. The van der Waals surface area contributed by atoms with Crippen molar-refractivity contribution >= 4 is 21.4 Å². The number of hydrogen-bond acceptors (Lipinski definition) is 5. The monoisotopic (exact) mass is 416 g/mol. The molecule has 0 saturated heterocycles. The number of benzene rings is 2. The molecule has 152 valence electrons. The molecule has 0 radical (unpaired) electrons. The van der Waals surface area contributed by atoms with Gasteiger partial charge in [-0.25, -0.2) is 0 Å². The largest absolute Gasteiger partial charge is 0.516 e. The molecule has 0 aliphatic rings. The van der Waals surface area contributed by atoms with E-state index in [1.54, 1.807) is 42.0 Å². The van der Waals surface area contributed by atoms with E-state index in [1.807, 2.05) is 0 Å². The summed E-state index contributed by atoms with van der Waals surface area (Å²) in [5, 5.41) is 4.02. The molecule has 28 heavy (non-hydrogen) atoms. The van der Waals surface area contributed by atoms with E-state index in [1.165, 1.54) is 25.3 Å². The minimum Gasteiger partial charge on any atom is -0.393 e. The van der Waals surface area contributed by atoms with Crippen molar-refractivity contribution in [3.8, 4) is 0 Å². The fourth-order valence-corrected chi connectivity index (χ4v) is 2.81. The molecule has 6 nitrogen and oxygen atoms in total. The summed E-state index contributed by atoms with van der Waals surface area (Å²) in [4.78, 5) is 5.20. The number of aryl methyl sites for hydroxylation is 1. The summed E-state index contributed by atoms with van der Waals surface area (Å²) in [6, 6.07) is 12.8. The third kappa shape index (κ3) is 5.46. The first-order chi connectivity index (χ1) is 13.2. The molecule has 0 saturated carbocycles. The molecular formula is C18H19F3N2O4S. The fourth-order valence-electron chi connectivity index (χ4n) is 2.23. The Hall–Kier alpha value is -2.59. The number of hydrogen-bond donors (Lipinski definition) is 1. The van der Waals surface area contributed by atoms with E-state index >= 15 is 0 Å². The number of alkyl halides is 3. The average Bonchev–Trinajstić information content (AvgIpc) is 2.63. The first kappa shape index (κ1) is 21.7. The van der Waals surface area contributed by atoms with Gasteiger partial charge in [0, 0.05) is 18.2 Å². The van der Waals surface area contributed by atoms with Gasteiger partial charge in [-0.15, -0.1) is 0 Å². The highest BCUT2D eigenvalue weighted by atomic mass is 32.2. The standard InChI is InChI=1S/C18H19F3N2O4S/c1-13-8-9-16(23-28(24,25)18(19,20)21)15(12-13)17(22-27-11-10-26-2)14-6-4-3-5-7-14/h3-9,12,23H,10-11H2,1-2H3/b22-17+. The van der Waals surface area contributed by atoms with Crippen LogP contribution in [0.2, 0.25) is 0 Å². The van der Waals surface area contributed by atoms with Crippen LogP contribution in [0.4, 0.5) is 18.9 Å². The highest BCUT2D eigenvalue weighted by Crippen LogP contribution is 2.29. The summed E-state index contributed by atoms with van der Waals surface area (Å²) in [6.07, 6.45) is 0. The Kier molecular flexibility index (Phi) is 7.03. The van der Waals surface area contributed by atoms with Crippen molar-refractivity contribution in [3.63, 3.8) is 0 Å². The number of sulfonamides is 1. The van der Waals surface area contributed by atoms with Gasteiger partial charge in [0.25, 0.3) is 0 Å². The Morgan fingerprint density at radius 1 is 1.11 bits per heavy atom. The van der Waals surface area contributed by atoms with Crippen molar-refractivity contribution in [2.45, 2.75) is 12.4 Å². The second-order valence-electron chi connectivity index (χ2n) is 5.73. The van der Waals surface area contributed by atoms with Gasteiger partial charge in [-0.1, -0.05) is 47.1 Å². The fraction of sp³-hybridized carbons (Fsp3) is 0.278. The van der Waals surface area contributed by atoms with Crippen molar-refractivity contribution < 1.29 is 31.2 Å². The SMILES string of the molecule is COCCO/N=C(\c1ccccc1)c1cc(C)ccc1NS(=O)(=O)C(F)(F)F. The molecule has 10 heteroatoms. The quantitative estimate of drug-likeness (QED) is 0.405. The predicted molar refractivity (Wildman–Crippen MR) is 99.7 cm³/mol. The van der Waals surface area contributed by atoms with Gasteiger partial charge < -0.3 is 9.57 Å². The van der Waals surface area contributed by atoms with Crippen molar-refractivity contribution in [2.75, 3.05) is 25.0 Å². The van der Waals surface area contributed by atoms with Gasteiger partial charge in [-0.05, 0) is 19.1 Å². The van der Waals surface area contributed by atoms with E-state index in [0.717, 1.165) is 0 Å². The minimum absolute atomic E-state index is 0.113. The van der Waals surface area contributed by atoms with E-state index in [-0.39, 0.29) is 30.2 Å². The van der Waals surface area contributed by atoms with Crippen molar-refractivity contribution in [1.82, 2.24) is 0 Å². The van der Waals surface area contributed by atoms with Gasteiger partial charge in [0.05, 0.1) is 12.3 Å². The minimum atomic E-state index is -5.60. The van der Waals surface area contributed by atoms with E-state index < -0.39 is 15.5 Å². The lowest BCUT2D eigenvalue weighted by atomic mass is 9.99. The summed E-state index contributed by atoms with van der Waals surface area (Å²) in [6.45, 7) is 2.09. The van der Waals surface area contributed by atoms with Gasteiger partial charge in [0.15, 0.2) is 0 Å². The maximum absolute atomic E-state index is 12.8. The normalized spacial score (nSPS) is 12.7. The van der Waals surface area contributed by atoms with Crippen LogP contribution < -0.4 is 4.72 Å². The molecule has 0 aliphatic carbocycles. The molecule has 1 N–H and O–H groups in total. The van der Waals surface area contributed by atoms with Crippen LogP contribution in [0.15, 0.2) is 53.7 Å². The molecule has 2 aromatic rings. The molecule has 0 atom stereocenters. The van der Waals surface area contributed by atoms with E-state index in [9.17, 15) is 21.6 Å². The van der Waals surface area contributed by atoms with E-state index in [2.05, 4.69) is 5.16 Å². The lowest BCUT2D eigenvalue weighted by Gasteiger charge is -2.16. The van der Waals surface area contributed by atoms with Crippen LogP contribution in [0.3, 0.4) is 0 Å². The number of nitrogens with one attached hydrogen (secondary N) is 1. The summed E-state index contributed by atoms with van der Waals surface area (Å²) in [5.41, 5.74) is -4.14. The summed E-state index contributed by atoms with van der Waals surface area (Å²) < 4.78 is 68.1. The maximum atomic E-state index is 12.8. The van der Waals surface area contributed by atoms with Gasteiger partial charge in [-0.2, -0.15) is 21.6 Å². The molecule has 0 heterocycles. The molecule has 2 aromatic carbocycles. The van der Waals surface area contributed by atoms with Crippen LogP contribution in [0, 0.1) is 6.92 Å². The van der Waals surface area contributed by atoms with Crippen molar-refractivity contribution in [1.29, 1.82) is 0 Å². The van der Waals surface area contributed by atoms with Crippen LogP contribution in [0.1, 0.15) is 16.7 Å². The number of ether oxygens (including phenoxy) is 1. The summed E-state index contributed by atoms with van der Waals surface area (Å²) in [7, 11) is -4.11. The number of methoxy groups -OCH3 is 1. The van der Waals surface area contributed by atoms with Crippen LogP contribution in [-0.2, 0) is 19.6 Å². The molecule has 0 aliphatic heterocycles. The summed E-state index contributed by atoms with van der Waals surface area (Å²) in [5.74, 6) is 0. The zero-order valence-electron chi connectivity index (χ0n) is 15.2. The van der Waals surface area contributed by atoms with Crippen molar-refractivity contribution in [2.24, 2.45) is 5.16 Å². The van der Waals surface area contributed by atoms with Crippen LogP contribution in [0.25, 0.3) is 0 Å². The molecule has 0 spiro atoms. The predicted octanol–water partition coefficient (Wildman–Crippen LogP) is 3.67. The van der Waals surface area contributed by atoms with Crippen LogP contribution >= 0.6 is 0 Å². The molecule has 0 amide bonds. The zero-order chi connectivity index (χ0) is 20.8.